The molecule has 1 aromatic rings. The highest BCUT2D eigenvalue weighted by molar-refractivity contribution is 6.62. The maximum atomic E-state index is 12.6. The fourth-order valence-corrected chi connectivity index (χ4v) is 5.71. The Balaban J connectivity index is 1.14. The fourth-order valence-electron chi connectivity index (χ4n) is 5.71. The van der Waals surface area contributed by atoms with E-state index in [1.54, 1.807) is 0 Å². The Morgan fingerprint density at radius 2 is 1.61 bits per heavy atom. The van der Waals surface area contributed by atoms with Crippen LogP contribution in [0, 0.1) is 5.41 Å². The van der Waals surface area contributed by atoms with Crippen LogP contribution in [0.1, 0.15) is 77.7 Å². The molecule has 1 spiro atoms. The van der Waals surface area contributed by atoms with E-state index in [0.717, 1.165) is 50.8 Å². The number of carbonyl (C=O) groups excluding carboxylic acids is 1. The summed E-state index contributed by atoms with van der Waals surface area (Å²) >= 11 is 0. The normalized spacial score (nSPS) is 29.4. The van der Waals surface area contributed by atoms with Gasteiger partial charge in [-0.15, -0.1) is 0 Å². The van der Waals surface area contributed by atoms with E-state index in [-0.39, 0.29) is 30.3 Å². The first-order valence-corrected chi connectivity index (χ1v) is 12.0. The molecule has 0 unspecified atom stereocenters. The molecule has 1 amide bonds. The molecule has 3 aliphatic heterocycles. The van der Waals surface area contributed by atoms with Crippen LogP contribution < -0.4 is 5.46 Å². The number of ether oxygens (including phenoxy) is 1. The lowest BCUT2D eigenvalue weighted by molar-refractivity contribution is -0.144. The monoisotopic (exact) mass is 425 g/mol. The molecular formula is C25H36BNO4. The topological polar surface area (TPSA) is 48.0 Å². The summed E-state index contributed by atoms with van der Waals surface area (Å²) in [6.45, 7) is 10.9. The number of hydrogen-bond donors (Lipinski definition) is 0. The molecule has 1 saturated carbocycles. The van der Waals surface area contributed by atoms with Crippen LogP contribution in [0.3, 0.4) is 0 Å². The summed E-state index contributed by atoms with van der Waals surface area (Å²) in [4.78, 5) is 14.7. The van der Waals surface area contributed by atoms with Gasteiger partial charge in [-0.05, 0) is 88.6 Å². The van der Waals surface area contributed by atoms with E-state index in [2.05, 4.69) is 52.0 Å². The summed E-state index contributed by atoms with van der Waals surface area (Å²) in [6, 6.07) is 8.86. The predicted molar refractivity (Wildman–Crippen MR) is 121 cm³/mol. The summed E-state index contributed by atoms with van der Waals surface area (Å²) in [6.07, 6.45) is 6.48. The molecule has 5 nitrogen and oxygen atoms in total. The van der Waals surface area contributed by atoms with E-state index in [1.807, 2.05) is 4.90 Å². The van der Waals surface area contributed by atoms with Crippen molar-refractivity contribution in [1.29, 1.82) is 0 Å². The number of likely N-dealkylation sites (tertiary alicyclic amines) is 1. The molecule has 4 fully saturated rings. The van der Waals surface area contributed by atoms with Crippen LogP contribution in [0.2, 0.25) is 0 Å². The van der Waals surface area contributed by atoms with Crippen LogP contribution >= 0.6 is 0 Å². The molecule has 0 aromatic heterocycles. The lowest BCUT2D eigenvalue weighted by Gasteiger charge is -2.52. The molecule has 3 heterocycles. The summed E-state index contributed by atoms with van der Waals surface area (Å²) < 4.78 is 18.0. The SMILES string of the molecule is CC1(C)OB(c2ccc(C3CC4(CCN(C(=O)[C@H]5CCCO5)CC4)C3)cc2)OC1(C)C. The van der Waals surface area contributed by atoms with Gasteiger partial charge in [0.2, 0.25) is 0 Å². The van der Waals surface area contributed by atoms with Crippen LogP contribution in [0.15, 0.2) is 24.3 Å². The molecule has 31 heavy (non-hydrogen) atoms. The van der Waals surface area contributed by atoms with Crippen LogP contribution in [0.5, 0.6) is 0 Å². The molecule has 5 rings (SSSR count). The van der Waals surface area contributed by atoms with Crippen molar-refractivity contribution in [2.75, 3.05) is 19.7 Å². The quantitative estimate of drug-likeness (QED) is 0.694. The van der Waals surface area contributed by atoms with E-state index >= 15 is 0 Å². The van der Waals surface area contributed by atoms with Gasteiger partial charge < -0.3 is 18.9 Å². The second kappa shape index (κ2) is 7.60. The van der Waals surface area contributed by atoms with Crippen molar-refractivity contribution in [2.45, 2.75) is 89.4 Å². The largest absolute Gasteiger partial charge is 0.494 e. The van der Waals surface area contributed by atoms with Crippen LogP contribution in [0.4, 0.5) is 0 Å². The van der Waals surface area contributed by atoms with Gasteiger partial charge in [-0.3, -0.25) is 4.79 Å². The molecule has 168 valence electrons. The Kier molecular flexibility index (Phi) is 5.27. The average Bonchev–Trinajstić information content (AvgIpc) is 3.32. The third-order valence-electron chi connectivity index (χ3n) is 8.63. The zero-order chi connectivity index (χ0) is 21.9. The number of benzene rings is 1. The number of carbonyl (C=O) groups is 1. The highest BCUT2D eigenvalue weighted by Gasteiger charge is 2.52. The smallest absolute Gasteiger partial charge is 0.399 e. The van der Waals surface area contributed by atoms with Gasteiger partial charge >= 0.3 is 7.12 Å². The Morgan fingerprint density at radius 1 is 1.00 bits per heavy atom. The number of amides is 1. The number of piperidine rings is 1. The maximum Gasteiger partial charge on any atom is 0.494 e. The first-order valence-electron chi connectivity index (χ1n) is 12.0. The minimum absolute atomic E-state index is 0.175. The van der Waals surface area contributed by atoms with Gasteiger partial charge in [0.15, 0.2) is 0 Å². The minimum atomic E-state index is -0.309. The molecule has 0 radical (unpaired) electrons. The van der Waals surface area contributed by atoms with Crippen molar-refractivity contribution in [1.82, 2.24) is 4.90 Å². The molecule has 1 aromatic carbocycles. The summed E-state index contributed by atoms with van der Waals surface area (Å²) in [7, 11) is -0.294. The van der Waals surface area contributed by atoms with Gasteiger partial charge in [-0.2, -0.15) is 0 Å². The molecule has 6 heteroatoms. The maximum absolute atomic E-state index is 12.6. The van der Waals surface area contributed by atoms with Crippen molar-refractivity contribution in [3.8, 4) is 0 Å². The fraction of sp³-hybridized carbons (Fsp3) is 0.720. The third kappa shape index (κ3) is 3.85. The summed E-state index contributed by atoms with van der Waals surface area (Å²) in [5.41, 5.74) is 2.33. The third-order valence-corrected chi connectivity index (χ3v) is 8.63. The van der Waals surface area contributed by atoms with E-state index in [0.29, 0.717) is 11.3 Å². The van der Waals surface area contributed by atoms with Crippen LogP contribution in [-0.4, -0.2) is 54.9 Å². The van der Waals surface area contributed by atoms with Crippen molar-refractivity contribution in [3.63, 3.8) is 0 Å². The second-order valence-corrected chi connectivity index (χ2v) is 11.2. The first kappa shape index (κ1) is 21.5. The average molecular weight is 425 g/mol. The zero-order valence-electron chi connectivity index (χ0n) is 19.5. The van der Waals surface area contributed by atoms with Crippen molar-refractivity contribution < 1.29 is 18.8 Å². The van der Waals surface area contributed by atoms with Gasteiger partial charge in [-0.25, -0.2) is 0 Å². The lowest BCUT2D eigenvalue weighted by Crippen LogP contribution is -2.50. The Hall–Kier alpha value is -1.37. The lowest BCUT2D eigenvalue weighted by atomic mass is 9.56. The van der Waals surface area contributed by atoms with Crippen molar-refractivity contribution >= 4 is 18.5 Å². The van der Waals surface area contributed by atoms with Gasteiger partial charge in [-0.1, -0.05) is 24.3 Å². The number of rotatable bonds is 3. The van der Waals surface area contributed by atoms with Gasteiger partial charge in [0.25, 0.3) is 5.91 Å². The standard InChI is InChI=1S/C25H36BNO4/c1-23(2)24(3,4)31-26(30-23)20-9-7-18(8-10-20)19-16-25(17-19)11-13-27(14-12-25)22(28)21-6-5-15-29-21/h7-10,19,21H,5-6,11-17H2,1-4H3/t21-/m1/s1. The van der Waals surface area contributed by atoms with E-state index < -0.39 is 0 Å². The van der Waals surface area contributed by atoms with Gasteiger partial charge in [0.1, 0.15) is 6.10 Å². The molecular weight excluding hydrogens is 389 g/mol. The molecule has 3 saturated heterocycles. The molecule has 1 aliphatic carbocycles. The van der Waals surface area contributed by atoms with Gasteiger partial charge in [0, 0.05) is 19.7 Å². The van der Waals surface area contributed by atoms with Gasteiger partial charge in [0.05, 0.1) is 11.2 Å². The van der Waals surface area contributed by atoms with E-state index in [1.165, 1.54) is 18.4 Å². The Morgan fingerprint density at radius 3 is 2.16 bits per heavy atom. The highest BCUT2D eigenvalue weighted by atomic mass is 16.7. The molecule has 1 atom stereocenters. The summed E-state index contributed by atoms with van der Waals surface area (Å²) in [5.74, 6) is 0.856. The first-order chi connectivity index (χ1) is 14.7. The van der Waals surface area contributed by atoms with Crippen LogP contribution in [0.25, 0.3) is 0 Å². The van der Waals surface area contributed by atoms with Crippen LogP contribution in [-0.2, 0) is 18.8 Å². The van der Waals surface area contributed by atoms with Crippen molar-refractivity contribution in [3.05, 3.63) is 29.8 Å². The Bertz CT molecular complexity index is 798. The molecule has 0 bridgehead atoms. The second-order valence-electron chi connectivity index (χ2n) is 11.2. The predicted octanol–water partition coefficient (Wildman–Crippen LogP) is 3.65. The molecule has 4 aliphatic rings. The van der Waals surface area contributed by atoms with E-state index in [9.17, 15) is 4.79 Å². The Labute approximate surface area is 186 Å². The molecule has 0 N–H and O–H groups in total. The summed E-state index contributed by atoms with van der Waals surface area (Å²) in [5, 5.41) is 0. The highest BCUT2D eigenvalue weighted by Crippen LogP contribution is 2.56. The zero-order valence-corrected chi connectivity index (χ0v) is 19.5. The van der Waals surface area contributed by atoms with Crippen molar-refractivity contribution in [2.24, 2.45) is 5.41 Å². The number of nitrogens with zero attached hydrogens (tertiary/aromatic N) is 1. The number of hydrogen-bond acceptors (Lipinski definition) is 4. The van der Waals surface area contributed by atoms with E-state index in [4.69, 9.17) is 14.0 Å². The minimum Gasteiger partial charge on any atom is -0.399 e.